The van der Waals surface area contributed by atoms with Gasteiger partial charge in [0.2, 0.25) is 0 Å². The van der Waals surface area contributed by atoms with Crippen LogP contribution in [0.4, 0.5) is 26.3 Å². The van der Waals surface area contributed by atoms with E-state index in [0.29, 0.717) is 0 Å². The zero-order chi connectivity index (χ0) is 24.3. The first-order valence-corrected chi connectivity index (χ1v) is 12.4. The number of halogens is 6. The smallest absolute Gasteiger partial charge is 0.326 e. The van der Waals surface area contributed by atoms with Crippen LogP contribution in [-0.4, -0.2) is 64.6 Å². The maximum absolute atomic E-state index is 11.5. The van der Waals surface area contributed by atoms with E-state index >= 15 is 0 Å². The van der Waals surface area contributed by atoms with Gasteiger partial charge in [0.1, 0.15) is 5.55 Å². The van der Waals surface area contributed by atoms with Crippen molar-refractivity contribution in [3.8, 4) is 0 Å². The van der Waals surface area contributed by atoms with Gasteiger partial charge in [0.15, 0.2) is 0 Å². The number of sulfone groups is 1. The van der Waals surface area contributed by atoms with Crippen LogP contribution in [0.1, 0.15) is 59.3 Å². The van der Waals surface area contributed by atoms with Gasteiger partial charge in [-0.3, -0.25) is 0 Å². The van der Waals surface area contributed by atoms with Crippen molar-refractivity contribution in [3.05, 3.63) is 0 Å². The van der Waals surface area contributed by atoms with Crippen LogP contribution in [0, 0.1) is 0 Å². The lowest BCUT2D eigenvalue weighted by Crippen LogP contribution is -2.46. The fourth-order valence-corrected chi connectivity index (χ4v) is 3.33. The Kier molecular flexibility index (Phi) is 13.4. The average molecular weight is 494 g/mol. The molecule has 182 valence electrons. The van der Waals surface area contributed by atoms with Gasteiger partial charge in [0.05, 0.1) is 26.7 Å². The Bertz CT molecular complexity index is 649. The van der Waals surface area contributed by atoms with Crippen LogP contribution in [-0.2, 0) is 19.9 Å². The molecule has 0 saturated heterocycles. The van der Waals surface area contributed by atoms with E-state index in [1.165, 1.54) is 67.0 Å². The number of rotatable bonds is 11. The van der Waals surface area contributed by atoms with E-state index in [0.717, 1.165) is 0 Å². The van der Waals surface area contributed by atoms with Crippen molar-refractivity contribution < 1.29 is 47.7 Å². The van der Waals surface area contributed by atoms with Gasteiger partial charge in [-0.25, -0.2) is 8.42 Å². The predicted molar refractivity (Wildman–Crippen MR) is 104 cm³/mol. The number of hydrogen-bond donors (Lipinski definition) is 0. The Morgan fingerprint density at radius 3 is 1.30 bits per heavy atom. The highest BCUT2D eigenvalue weighted by Crippen LogP contribution is 2.26. The number of unbranched alkanes of at least 4 members (excludes halogenated alkanes) is 3. The third-order valence-electron chi connectivity index (χ3n) is 4.09. The molecule has 0 fully saturated rings. The average Bonchev–Trinajstić information content (AvgIpc) is 2.60. The van der Waals surface area contributed by atoms with Crippen LogP contribution in [0.15, 0.2) is 4.40 Å². The Morgan fingerprint density at radius 2 is 1.07 bits per heavy atom. The van der Waals surface area contributed by atoms with Gasteiger partial charge >= 0.3 is 21.0 Å². The number of sulfonamides is 1. The molecule has 0 N–H and O–H groups in total. The highest BCUT2D eigenvalue weighted by atomic mass is 32.2. The summed E-state index contributed by atoms with van der Waals surface area (Å²) in [4.78, 5) is 0. The van der Waals surface area contributed by atoms with Gasteiger partial charge in [-0.05, 0) is 19.3 Å². The van der Waals surface area contributed by atoms with Gasteiger partial charge in [-0.1, -0.05) is 40.0 Å². The van der Waals surface area contributed by atoms with Crippen LogP contribution in [0.25, 0.3) is 0 Å². The lowest BCUT2D eigenvalue weighted by atomic mass is 10.2. The maximum atomic E-state index is 11.5. The minimum absolute atomic E-state index is 1.31. The normalized spacial score (nSPS) is 13.9. The largest absolute Gasteiger partial charge is 0.518 e. The molecular weight excluding hydrogens is 462 g/mol. The molecule has 0 radical (unpaired) electrons. The fourth-order valence-electron chi connectivity index (χ4n) is 2.19. The molecule has 0 heterocycles. The topological polar surface area (TPSA) is 80.6 Å². The zero-order valence-electron chi connectivity index (χ0n) is 17.6. The molecule has 0 aliphatic rings. The van der Waals surface area contributed by atoms with Gasteiger partial charge in [-0.2, -0.15) is 39.2 Å². The van der Waals surface area contributed by atoms with E-state index in [1.54, 1.807) is 0 Å². The van der Waals surface area contributed by atoms with E-state index in [4.69, 9.17) is 0 Å². The van der Waals surface area contributed by atoms with Crippen molar-refractivity contribution in [1.82, 2.24) is 0 Å². The molecule has 0 amide bonds. The minimum atomic E-state index is -6.30. The monoisotopic (exact) mass is 493 g/mol. The second-order valence-electron chi connectivity index (χ2n) is 6.97. The predicted octanol–water partition coefficient (Wildman–Crippen LogP) is 4.63. The Labute approximate surface area is 174 Å². The van der Waals surface area contributed by atoms with Crippen molar-refractivity contribution in [2.45, 2.75) is 70.3 Å². The second-order valence-corrected chi connectivity index (χ2v) is 10.4. The summed E-state index contributed by atoms with van der Waals surface area (Å²) in [6, 6.07) is 0. The summed E-state index contributed by atoms with van der Waals surface area (Å²) in [6.07, 6.45) is 8.20. The summed E-state index contributed by atoms with van der Waals surface area (Å²) in [5, 5.41) is 0. The van der Waals surface area contributed by atoms with Crippen LogP contribution in [0.5, 0.6) is 0 Å². The molecule has 0 aromatic carbocycles. The molecule has 0 unspecified atom stereocenters. The summed E-state index contributed by atoms with van der Waals surface area (Å²) in [5.41, 5.74) is -13.2. The van der Waals surface area contributed by atoms with Crippen molar-refractivity contribution >= 4 is 25.4 Å². The third kappa shape index (κ3) is 12.1. The third-order valence-corrected chi connectivity index (χ3v) is 6.22. The first-order chi connectivity index (χ1) is 13.4. The molecule has 0 aliphatic carbocycles. The van der Waals surface area contributed by atoms with E-state index in [9.17, 15) is 43.2 Å². The molecule has 0 saturated carbocycles. The highest BCUT2D eigenvalue weighted by Gasteiger charge is 2.48. The van der Waals surface area contributed by atoms with Crippen molar-refractivity contribution in [3.63, 3.8) is 0 Å². The molecule has 0 bridgehead atoms. The summed E-state index contributed by atoms with van der Waals surface area (Å²) < 4.78 is 112. The van der Waals surface area contributed by atoms with E-state index in [-0.39, 0.29) is 0 Å². The molecular formula is C16H31F6N2O4S2+. The quantitative estimate of drug-likeness (QED) is 0.182. The van der Waals surface area contributed by atoms with Gasteiger partial charge in [0, 0.05) is 0 Å². The molecule has 0 rings (SSSR count). The number of quaternary nitrogens is 1. The van der Waals surface area contributed by atoms with E-state index in [2.05, 4.69) is 27.8 Å². The van der Waals surface area contributed by atoms with Crippen molar-refractivity contribution in [2.75, 3.05) is 26.7 Å². The second kappa shape index (κ2) is 12.8. The first kappa shape index (κ1) is 31.3. The maximum Gasteiger partial charge on any atom is 0.518 e. The van der Waals surface area contributed by atoms with Crippen molar-refractivity contribution in [2.24, 2.45) is 4.40 Å². The molecule has 30 heavy (non-hydrogen) atoms. The molecule has 0 aliphatic heterocycles. The van der Waals surface area contributed by atoms with E-state index < -0.39 is 36.4 Å². The Balaban J connectivity index is 0. The summed E-state index contributed by atoms with van der Waals surface area (Å²) in [7, 11) is -10.0. The van der Waals surface area contributed by atoms with Crippen LogP contribution >= 0.6 is 0 Å². The lowest BCUT2D eigenvalue weighted by Gasteiger charge is -2.34. The number of alkyl halides is 6. The molecule has 0 aromatic heterocycles. The molecule has 0 spiro atoms. The van der Waals surface area contributed by atoms with Crippen LogP contribution in [0.2, 0.25) is 0 Å². The zero-order valence-corrected chi connectivity index (χ0v) is 19.2. The SMILES string of the molecule is CCCC[N+](C)(CCCC)CCCC.O=S(=O)(/C=N/S(=O)(=O)C(F)(F)F)C(F)(F)F. The van der Waals surface area contributed by atoms with Crippen LogP contribution in [0.3, 0.4) is 0 Å². The van der Waals surface area contributed by atoms with E-state index in [1.807, 2.05) is 0 Å². The first-order valence-electron chi connectivity index (χ1n) is 9.40. The van der Waals surface area contributed by atoms with Crippen LogP contribution < -0.4 is 0 Å². The summed E-state index contributed by atoms with van der Waals surface area (Å²) >= 11 is 0. The fraction of sp³-hybridized carbons (Fsp3) is 0.938. The molecule has 0 atom stereocenters. The van der Waals surface area contributed by atoms with Gasteiger partial charge in [0.25, 0.3) is 9.84 Å². The molecule has 6 nitrogen and oxygen atoms in total. The minimum Gasteiger partial charge on any atom is -0.326 e. The van der Waals surface area contributed by atoms with Gasteiger partial charge < -0.3 is 4.48 Å². The molecule has 0 aromatic rings. The number of nitrogens with zero attached hydrogens (tertiary/aromatic N) is 2. The lowest BCUT2D eigenvalue weighted by molar-refractivity contribution is -0.910. The highest BCUT2D eigenvalue weighted by molar-refractivity contribution is 8.06. The Hall–Kier alpha value is -0.890. The Morgan fingerprint density at radius 1 is 0.733 bits per heavy atom. The molecule has 14 heteroatoms. The summed E-state index contributed by atoms with van der Waals surface area (Å²) in [5.74, 6) is 0. The van der Waals surface area contributed by atoms with Crippen molar-refractivity contribution in [1.29, 1.82) is 0 Å². The standard InChI is InChI=1S/C13H30N.C3HF6NO4S2/c1-5-8-11-14(4,12-9-6-2)13-10-7-3;4-2(5,6)15(11,12)1-10-16(13,14)3(7,8)9/h5-13H2,1-4H3;1H/q+1;/b;10-1+. The van der Waals surface area contributed by atoms with Gasteiger partial charge in [-0.15, -0.1) is 0 Å². The number of hydrogen-bond acceptors (Lipinski definition) is 4. The summed E-state index contributed by atoms with van der Waals surface area (Å²) in [6.45, 7) is 11.0.